The van der Waals surface area contributed by atoms with Crippen molar-refractivity contribution in [2.45, 2.75) is 70.3 Å². The molecule has 160 valence electrons. The first-order valence-electron chi connectivity index (χ1n) is 11.2. The summed E-state index contributed by atoms with van der Waals surface area (Å²) in [5.41, 5.74) is 5.08. The molecule has 5 nitrogen and oxygen atoms in total. The fourth-order valence-electron chi connectivity index (χ4n) is 4.89. The first-order valence-corrected chi connectivity index (χ1v) is 11.2. The molecule has 0 unspecified atom stereocenters. The van der Waals surface area contributed by atoms with Crippen LogP contribution in [0.25, 0.3) is 0 Å². The molecule has 2 aliphatic carbocycles. The maximum absolute atomic E-state index is 13.0. The summed E-state index contributed by atoms with van der Waals surface area (Å²) in [5.74, 6) is -0.0707. The monoisotopic (exact) mass is 408 g/mol. The van der Waals surface area contributed by atoms with Crippen LogP contribution >= 0.6 is 0 Å². The number of carbonyl (C=O) groups excluding carboxylic acids is 2. The summed E-state index contributed by atoms with van der Waals surface area (Å²) in [6.07, 6.45) is 7.76. The van der Waals surface area contributed by atoms with Gasteiger partial charge < -0.3 is 14.6 Å². The Kier molecular flexibility index (Phi) is 5.98. The van der Waals surface area contributed by atoms with Crippen molar-refractivity contribution in [3.8, 4) is 0 Å². The van der Waals surface area contributed by atoms with Crippen molar-refractivity contribution in [1.29, 1.82) is 0 Å². The quantitative estimate of drug-likeness (QED) is 0.559. The summed E-state index contributed by atoms with van der Waals surface area (Å²) in [5, 5.41) is 0. The molecule has 1 aromatic heterocycles. The Balaban J connectivity index is 1.53. The Morgan fingerprint density at radius 2 is 1.70 bits per heavy atom. The zero-order valence-electron chi connectivity index (χ0n) is 18.3. The summed E-state index contributed by atoms with van der Waals surface area (Å²) in [7, 11) is 4.03. The molecule has 2 aliphatic rings. The van der Waals surface area contributed by atoms with Crippen LogP contribution in [0, 0.1) is 6.92 Å². The van der Waals surface area contributed by atoms with E-state index in [1.165, 1.54) is 12.8 Å². The van der Waals surface area contributed by atoms with Crippen molar-refractivity contribution in [3.63, 3.8) is 0 Å². The number of aromatic nitrogens is 1. The number of nitrogens with one attached hydrogen (secondary N) is 1. The van der Waals surface area contributed by atoms with Crippen molar-refractivity contribution in [2.75, 3.05) is 19.0 Å². The standard InChI is InChI=1S/C25H32N2O3/c1-16-23-21(26-24(16)25(29)30-20-8-6-4-5-7-9-20)14-18(15-22(23)28)17-10-12-19(13-11-17)27(2)3/h10-13,18,20,26H,4-9,14-15H2,1-3H3/t18-/m0/s1. The fourth-order valence-corrected chi connectivity index (χ4v) is 4.89. The van der Waals surface area contributed by atoms with E-state index in [-0.39, 0.29) is 23.8 Å². The second-order valence-corrected chi connectivity index (χ2v) is 9.01. The van der Waals surface area contributed by atoms with Crippen LogP contribution in [0.15, 0.2) is 24.3 Å². The third kappa shape index (κ3) is 4.16. The molecular formula is C25H32N2O3. The lowest BCUT2D eigenvalue weighted by molar-refractivity contribution is 0.0260. The van der Waals surface area contributed by atoms with Gasteiger partial charge in [-0.05, 0) is 68.2 Å². The van der Waals surface area contributed by atoms with Gasteiger partial charge in [-0.15, -0.1) is 0 Å². The van der Waals surface area contributed by atoms with E-state index in [4.69, 9.17) is 4.74 Å². The number of H-pyrrole nitrogens is 1. The zero-order chi connectivity index (χ0) is 21.3. The van der Waals surface area contributed by atoms with Crippen molar-refractivity contribution in [1.82, 2.24) is 4.98 Å². The summed E-state index contributed by atoms with van der Waals surface area (Å²) < 4.78 is 5.81. The van der Waals surface area contributed by atoms with Gasteiger partial charge in [0, 0.05) is 37.5 Å². The molecule has 0 radical (unpaired) electrons. The molecule has 0 saturated heterocycles. The van der Waals surface area contributed by atoms with Gasteiger partial charge in [-0.25, -0.2) is 4.79 Å². The normalized spacial score (nSPS) is 19.8. The van der Waals surface area contributed by atoms with E-state index in [0.29, 0.717) is 17.7 Å². The topological polar surface area (TPSA) is 62.4 Å². The van der Waals surface area contributed by atoms with Gasteiger partial charge in [0.1, 0.15) is 11.8 Å². The molecule has 4 rings (SSSR count). The van der Waals surface area contributed by atoms with Crippen molar-refractivity contribution in [2.24, 2.45) is 0 Å². The average Bonchev–Trinajstić information content (AvgIpc) is 2.89. The Morgan fingerprint density at radius 1 is 1.03 bits per heavy atom. The molecule has 0 bridgehead atoms. The van der Waals surface area contributed by atoms with Gasteiger partial charge >= 0.3 is 5.97 Å². The SMILES string of the molecule is Cc1c(C(=O)OC2CCCCCC2)[nH]c2c1C(=O)C[C@@H](c1ccc(N(C)C)cc1)C2. The van der Waals surface area contributed by atoms with Crippen LogP contribution in [0.2, 0.25) is 0 Å². The number of ether oxygens (including phenoxy) is 1. The van der Waals surface area contributed by atoms with Gasteiger partial charge in [0.2, 0.25) is 0 Å². The highest BCUT2D eigenvalue weighted by molar-refractivity contribution is 6.03. The van der Waals surface area contributed by atoms with Crippen LogP contribution in [-0.2, 0) is 11.2 Å². The number of fused-ring (bicyclic) bond motifs is 1. The second kappa shape index (κ2) is 8.66. The van der Waals surface area contributed by atoms with Crippen molar-refractivity contribution < 1.29 is 14.3 Å². The van der Waals surface area contributed by atoms with E-state index in [1.807, 2.05) is 21.0 Å². The van der Waals surface area contributed by atoms with Gasteiger partial charge in [-0.2, -0.15) is 0 Å². The molecule has 0 spiro atoms. The molecule has 0 aliphatic heterocycles. The molecule has 0 amide bonds. The Labute approximate surface area is 178 Å². The predicted octanol–water partition coefficient (Wildman–Crippen LogP) is 5.18. The summed E-state index contributed by atoms with van der Waals surface area (Å²) >= 11 is 0. The first kappa shape index (κ1) is 20.7. The number of ketones is 1. The highest BCUT2D eigenvalue weighted by Gasteiger charge is 2.33. The van der Waals surface area contributed by atoms with E-state index < -0.39 is 0 Å². The molecule has 1 N–H and O–H groups in total. The second-order valence-electron chi connectivity index (χ2n) is 9.01. The molecular weight excluding hydrogens is 376 g/mol. The number of aromatic amines is 1. The first-order chi connectivity index (χ1) is 14.4. The molecule has 1 heterocycles. The van der Waals surface area contributed by atoms with Crippen molar-refractivity contribution in [3.05, 3.63) is 52.3 Å². The number of hydrogen-bond acceptors (Lipinski definition) is 4. The molecule has 1 saturated carbocycles. The van der Waals surface area contributed by atoms with Crippen molar-refractivity contribution >= 4 is 17.4 Å². The van der Waals surface area contributed by atoms with Crippen LogP contribution in [0.5, 0.6) is 0 Å². The predicted molar refractivity (Wildman–Crippen MR) is 119 cm³/mol. The van der Waals surface area contributed by atoms with Gasteiger partial charge in [-0.3, -0.25) is 4.79 Å². The lowest BCUT2D eigenvalue weighted by Crippen LogP contribution is -2.19. The Bertz CT molecular complexity index is 919. The van der Waals surface area contributed by atoms with E-state index in [9.17, 15) is 9.59 Å². The molecule has 1 aromatic carbocycles. The lowest BCUT2D eigenvalue weighted by atomic mass is 9.81. The molecule has 2 aromatic rings. The largest absolute Gasteiger partial charge is 0.458 e. The summed E-state index contributed by atoms with van der Waals surface area (Å²) in [4.78, 5) is 31.1. The van der Waals surface area contributed by atoms with Crippen LogP contribution in [-0.4, -0.2) is 36.9 Å². The van der Waals surface area contributed by atoms with Gasteiger partial charge in [0.05, 0.1) is 0 Å². The van der Waals surface area contributed by atoms with Gasteiger partial charge in [0.25, 0.3) is 0 Å². The maximum atomic E-state index is 13.0. The van der Waals surface area contributed by atoms with E-state index in [0.717, 1.165) is 54.6 Å². The Morgan fingerprint density at radius 3 is 2.33 bits per heavy atom. The minimum Gasteiger partial charge on any atom is -0.458 e. The van der Waals surface area contributed by atoms with Crippen LogP contribution in [0.1, 0.15) is 88.5 Å². The number of hydrogen-bond donors (Lipinski definition) is 1. The highest BCUT2D eigenvalue weighted by atomic mass is 16.5. The van der Waals surface area contributed by atoms with Crippen LogP contribution in [0.4, 0.5) is 5.69 Å². The maximum Gasteiger partial charge on any atom is 0.355 e. The summed E-state index contributed by atoms with van der Waals surface area (Å²) in [6, 6.07) is 8.39. The number of nitrogens with zero attached hydrogens (tertiary/aromatic N) is 1. The smallest absolute Gasteiger partial charge is 0.355 e. The van der Waals surface area contributed by atoms with Crippen LogP contribution < -0.4 is 4.90 Å². The van der Waals surface area contributed by atoms with Crippen LogP contribution in [0.3, 0.4) is 0 Å². The van der Waals surface area contributed by atoms with Gasteiger partial charge in [-0.1, -0.05) is 25.0 Å². The molecule has 30 heavy (non-hydrogen) atoms. The number of anilines is 1. The highest BCUT2D eigenvalue weighted by Crippen LogP contribution is 2.36. The zero-order valence-corrected chi connectivity index (χ0v) is 18.3. The number of carbonyl (C=O) groups is 2. The molecule has 1 atom stereocenters. The molecule has 5 heteroatoms. The third-order valence-electron chi connectivity index (χ3n) is 6.65. The third-order valence-corrected chi connectivity index (χ3v) is 6.65. The van der Waals surface area contributed by atoms with E-state index in [2.05, 4.69) is 34.1 Å². The number of rotatable bonds is 4. The average molecular weight is 409 g/mol. The number of benzene rings is 1. The number of Topliss-reactive ketones (excluding diaryl/α,β-unsaturated/α-hetero) is 1. The van der Waals surface area contributed by atoms with E-state index >= 15 is 0 Å². The molecule has 1 fully saturated rings. The summed E-state index contributed by atoms with van der Waals surface area (Å²) in [6.45, 7) is 1.86. The minimum atomic E-state index is -0.312. The minimum absolute atomic E-state index is 0.00149. The fraction of sp³-hybridized carbons (Fsp3) is 0.520. The van der Waals surface area contributed by atoms with E-state index in [1.54, 1.807) is 0 Å². The van der Waals surface area contributed by atoms with Gasteiger partial charge in [0.15, 0.2) is 5.78 Å². The number of esters is 1. The lowest BCUT2D eigenvalue weighted by Gasteiger charge is -2.23. The Hall–Kier alpha value is -2.56.